The van der Waals surface area contributed by atoms with E-state index in [1.165, 1.54) is 44.5 Å². The number of rotatable bonds is 3. The van der Waals surface area contributed by atoms with Gasteiger partial charge in [-0.1, -0.05) is 50.6 Å². The standard InChI is InChI=1S/C19H30N2/c1-15(2)16(3)21-13-18-11-7-8-12-20(18)14-19(21)17-9-5-4-6-10-17/h4-6,9-10,15-16,18-19H,7-8,11-14H2,1-3H3. The molecule has 1 aromatic carbocycles. The molecule has 2 heteroatoms. The molecule has 0 bridgehead atoms. The van der Waals surface area contributed by atoms with Crippen molar-refractivity contribution in [1.82, 2.24) is 9.80 Å². The number of hydrogen-bond acceptors (Lipinski definition) is 2. The predicted octanol–water partition coefficient (Wildman–Crippen LogP) is 3.94. The molecule has 2 aliphatic heterocycles. The van der Waals surface area contributed by atoms with Crippen LogP contribution in [-0.4, -0.2) is 41.5 Å². The fourth-order valence-corrected chi connectivity index (χ4v) is 4.01. The maximum absolute atomic E-state index is 2.78. The van der Waals surface area contributed by atoms with Crippen molar-refractivity contribution in [1.29, 1.82) is 0 Å². The highest BCUT2D eigenvalue weighted by Gasteiger charge is 2.38. The third-order valence-corrected chi connectivity index (χ3v) is 5.65. The van der Waals surface area contributed by atoms with Gasteiger partial charge in [-0.2, -0.15) is 0 Å². The maximum Gasteiger partial charge on any atom is 0.0478 e. The lowest BCUT2D eigenvalue weighted by atomic mass is 9.90. The molecule has 3 rings (SSSR count). The first kappa shape index (κ1) is 15.1. The normalized spacial score (nSPS) is 29.3. The zero-order chi connectivity index (χ0) is 14.8. The van der Waals surface area contributed by atoms with Crippen molar-refractivity contribution in [2.45, 2.75) is 58.2 Å². The van der Waals surface area contributed by atoms with Crippen molar-refractivity contribution >= 4 is 0 Å². The van der Waals surface area contributed by atoms with Crippen molar-refractivity contribution < 1.29 is 0 Å². The summed E-state index contributed by atoms with van der Waals surface area (Å²) in [5.74, 6) is 0.714. The van der Waals surface area contributed by atoms with E-state index in [0.29, 0.717) is 18.0 Å². The van der Waals surface area contributed by atoms with Crippen LogP contribution in [0.15, 0.2) is 30.3 Å². The molecule has 3 unspecified atom stereocenters. The molecular formula is C19H30N2. The van der Waals surface area contributed by atoms with Crippen molar-refractivity contribution in [3.05, 3.63) is 35.9 Å². The van der Waals surface area contributed by atoms with Gasteiger partial charge < -0.3 is 0 Å². The van der Waals surface area contributed by atoms with Crippen molar-refractivity contribution in [2.24, 2.45) is 5.92 Å². The molecule has 0 radical (unpaired) electrons. The smallest absolute Gasteiger partial charge is 0.0478 e. The Kier molecular flexibility index (Phi) is 4.66. The number of fused-ring (bicyclic) bond motifs is 1. The Morgan fingerprint density at radius 1 is 1.00 bits per heavy atom. The van der Waals surface area contributed by atoms with Gasteiger partial charge in [-0.05, 0) is 37.8 Å². The summed E-state index contributed by atoms with van der Waals surface area (Å²) >= 11 is 0. The highest BCUT2D eigenvalue weighted by molar-refractivity contribution is 5.21. The third kappa shape index (κ3) is 3.17. The molecule has 2 aliphatic rings. The summed E-state index contributed by atoms with van der Waals surface area (Å²) in [6.45, 7) is 10.9. The van der Waals surface area contributed by atoms with Gasteiger partial charge >= 0.3 is 0 Å². The lowest BCUT2D eigenvalue weighted by molar-refractivity contribution is -0.0213. The molecule has 0 spiro atoms. The van der Waals surface area contributed by atoms with E-state index in [-0.39, 0.29) is 0 Å². The van der Waals surface area contributed by atoms with Gasteiger partial charge in [0.15, 0.2) is 0 Å². The van der Waals surface area contributed by atoms with Gasteiger partial charge in [0.1, 0.15) is 0 Å². The topological polar surface area (TPSA) is 6.48 Å². The molecule has 116 valence electrons. The molecule has 2 nitrogen and oxygen atoms in total. The molecule has 2 saturated heterocycles. The Hall–Kier alpha value is -0.860. The lowest BCUT2D eigenvalue weighted by Gasteiger charge is -2.51. The summed E-state index contributed by atoms with van der Waals surface area (Å²) in [5.41, 5.74) is 1.49. The second kappa shape index (κ2) is 6.50. The van der Waals surface area contributed by atoms with E-state index in [2.05, 4.69) is 60.9 Å². The average molecular weight is 286 g/mol. The van der Waals surface area contributed by atoms with Gasteiger partial charge in [0, 0.05) is 31.2 Å². The van der Waals surface area contributed by atoms with Gasteiger partial charge in [0.2, 0.25) is 0 Å². The van der Waals surface area contributed by atoms with E-state index in [1.807, 2.05) is 0 Å². The van der Waals surface area contributed by atoms with E-state index >= 15 is 0 Å². The summed E-state index contributed by atoms with van der Waals surface area (Å²) < 4.78 is 0. The monoisotopic (exact) mass is 286 g/mol. The molecule has 0 aliphatic carbocycles. The molecule has 0 aromatic heterocycles. The van der Waals surface area contributed by atoms with E-state index < -0.39 is 0 Å². The molecule has 2 fully saturated rings. The van der Waals surface area contributed by atoms with Crippen molar-refractivity contribution in [3.8, 4) is 0 Å². The fourth-order valence-electron chi connectivity index (χ4n) is 4.01. The van der Waals surface area contributed by atoms with Crippen LogP contribution >= 0.6 is 0 Å². The largest absolute Gasteiger partial charge is 0.297 e. The highest BCUT2D eigenvalue weighted by atomic mass is 15.3. The van der Waals surface area contributed by atoms with Gasteiger partial charge in [-0.25, -0.2) is 0 Å². The number of benzene rings is 1. The Balaban J connectivity index is 1.85. The van der Waals surface area contributed by atoms with Crippen LogP contribution in [0, 0.1) is 5.92 Å². The summed E-state index contributed by atoms with van der Waals surface area (Å²) in [6.07, 6.45) is 4.20. The minimum absolute atomic E-state index is 0.568. The van der Waals surface area contributed by atoms with Crippen LogP contribution in [0.2, 0.25) is 0 Å². The molecule has 21 heavy (non-hydrogen) atoms. The molecule has 0 saturated carbocycles. The van der Waals surface area contributed by atoms with Crippen LogP contribution in [0.1, 0.15) is 51.6 Å². The minimum atomic E-state index is 0.568. The average Bonchev–Trinajstić information content (AvgIpc) is 2.53. The molecule has 0 N–H and O–H groups in total. The maximum atomic E-state index is 2.78. The Labute approximate surface area is 130 Å². The molecule has 0 amide bonds. The van der Waals surface area contributed by atoms with E-state index in [4.69, 9.17) is 0 Å². The van der Waals surface area contributed by atoms with Crippen LogP contribution in [0.5, 0.6) is 0 Å². The summed E-state index contributed by atoms with van der Waals surface area (Å²) in [5, 5.41) is 0. The first-order valence-corrected chi connectivity index (χ1v) is 8.71. The molecule has 3 atom stereocenters. The summed E-state index contributed by atoms with van der Waals surface area (Å²) in [7, 11) is 0. The van der Waals surface area contributed by atoms with E-state index in [0.717, 1.165) is 6.04 Å². The number of piperazine rings is 1. The minimum Gasteiger partial charge on any atom is -0.297 e. The van der Waals surface area contributed by atoms with Crippen molar-refractivity contribution in [3.63, 3.8) is 0 Å². The van der Waals surface area contributed by atoms with Crippen LogP contribution in [0.3, 0.4) is 0 Å². The quantitative estimate of drug-likeness (QED) is 0.830. The van der Waals surface area contributed by atoms with Gasteiger partial charge in [0.25, 0.3) is 0 Å². The van der Waals surface area contributed by atoms with Gasteiger partial charge in [-0.3, -0.25) is 9.80 Å². The van der Waals surface area contributed by atoms with Crippen LogP contribution in [-0.2, 0) is 0 Å². The second-order valence-electron chi connectivity index (χ2n) is 7.25. The fraction of sp³-hybridized carbons (Fsp3) is 0.684. The lowest BCUT2D eigenvalue weighted by Crippen LogP contribution is -2.58. The second-order valence-corrected chi connectivity index (χ2v) is 7.25. The Bertz CT molecular complexity index is 442. The zero-order valence-electron chi connectivity index (χ0n) is 13.8. The van der Waals surface area contributed by atoms with Crippen LogP contribution in [0.4, 0.5) is 0 Å². The first-order valence-electron chi connectivity index (χ1n) is 8.71. The van der Waals surface area contributed by atoms with Gasteiger partial charge in [0.05, 0.1) is 0 Å². The predicted molar refractivity (Wildman–Crippen MR) is 89.4 cm³/mol. The van der Waals surface area contributed by atoms with E-state index in [1.54, 1.807) is 0 Å². The molecular weight excluding hydrogens is 256 g/mol. The number of piperidine rings is 1. The molecule has 1 aromatic rings. The SMILES string of the molecule is CC(C)C(C)N1CC2CCCCN2CC1c1ccccc1. The Morgan fingerprint density at radius 2 is 1.76 bits per heavy atom. The van der Waals surface area contributed by atoms with Crippen LogP contribution in [0.25, 0.3) is 0 Å². The Morgan fingerprint density at radius 3 is 2.48 bits per heavy atom. The van der Waals surface area contributed by atoms with Crippen molar-refractivity contribution in [2.75, 3.05) is 19.6 Å². The summed E-state index contributed by atoms with van der Waals surface area (Å²) in [6, 6.07) is 13.2. The highest BCUT2D eigenvalue weighted by Crippen LogP contribution is 2.34. The number of hydrogen-bond donors (Lipinski definition) is 0. The number of nitrogens with zero attached hydrogens (tertiary/aromatic N) is 2. The third-order valence-electron chi connectivity index (χ3n) is 5.65. The van der Waals surface area contributed by atoms with Gasteiger partial charge in [-0.15, -0.1) is 0 Å². The zero-order valence-corrected chi connectivity index (χ0v) is 13.8. The molecule has 2 heterocycles. The van der Waals surface area contributed by atoms with E-state index in [9.17, 15) is 0 Å². The van der Waals surface area contributed by atoms with Crippen LogP contribution < -0.4 is 0 Å². The first-order chi connectivity index (χ1) is 10.2. The summed E-state index contributed by atoms with van der Waals surface area (Å²) in [4.78, 5) is 5.54.